The van der Waals surface area contributed by atoms with Crippen molar-refractivity contribution in [2.24, 2.45) is 17.8 Å². The van der Waals surface area contributed by atoms with Gasteiger partial charge in [0.25, 0.3) is 0 Å². The Hall–Kier alpha value is -1.07. The molecule has 1 heterocycles. The average molecular weight is 394 g/mol. The fourth-order valence-corrected chi connectivity index (χ4v) is 7.01. The van der Waals surface area contributed by atoms with Gasteiger partial charge in [0.05, 0.1) is 10.8 Å². The van der Waals surface area contributed by atoms with Crippen molar-refractivity contribution in [1.29, 1.82) is 0 Å². The third-order valence-corrected chi connectivity index (χ3v) is 7.72. The molecule has 26 heavy (non-hydrogen) atoms. The molecule has 1 aromatic rings. The van der Waals surface area contributed by atoms with E-state index in [4.69, 9.17) is 21.1 Å². The zero-order valence-electron chi connectivity index (χ0n) is 14.8. The second kappa shape index (κ2) is 6.52. The fourth-order valence-electron chi connectivity index (χ4n) is 5.96. The highest BCUT2D eigenvalue weighted by atomic mass is 35.5. The smallest absolute Gasteiger partial charge is 0.231 e. The number of hydrogen-bond acceptors (Lipinski definition) is 4. The summed E-state index contributed by atoms with van der Waals surface area (Å²) in [4.78, 5) is 12.6. The Balaban J connectivity index is 1.16. The van der Waals surface area contributed by atoms with E-state index in [2.05, 4.69) is 5.32 Å². The Morgan fingerprint density at radius 3 is 2.54 bits per heavy atom. The molecule has 1 aliphatic heterocycles. The van der Waals surface area contributed by atoms with Crippen LogP contribution in [0.1, 0.15) is 44.1 Å². The van der Waals surface area contributed by atoms with Gasteiger partial charge in [0, 0.05) is 11.3 Å². The monoisotopic (exact) mass is 393 g/mol. The number of fused-ring (bicyclic) bond motifs is 1. The molecule has 6 heteroatoms. The molecule has 1 N–H and O–H groups in total. The molecule has 0 atom stereocenters. The molecule has 4 aliphatic carbocycles. The van der Waals surface area contributed by atoms with Gasteiger partial charge in [-0.05, 0) is 74.0 Å². The molecular formula is C20H24ClNO3S. The average Bonchev–Trinajstić information content (AvgIpc) is 3.02. The number of amides is 1. The lowest BCUT2D eigenvalue weighted by atomic mass is 9.53. The fraction of sp³-hybridized carbons (Fsp3) is 0.650. The number of carbonyl (C=O) groups is 1. The van der Waals surface area contributed by atoms with E-state index in [1.165, 1.54) is 38.5 Å². The Morgan fingerprint density at radius 2 is 1.85 bits per heavy atom. The van der Waals surface area contributed by atoms with Crippen molar-refractivity contribution in [1.82, 2.24) is 5.32 Å². The first-order valence-electron chi connectivity index (χ1n) is 9.55. The molecule has 1 aromatic carbocycles. The van der Waals surface area contributed by atoms with Gasteiger partial charge in [0.1, 0.15) is 0 Å². The molecule has 140 valence electrons. The molecule has 0 unspecified atom stereocenters. The number of nitrogens with one attached hydrogen (secondary N) is 1. The number of benzene rings is 1. The SMILES string of the molecule is O=C(CSCc1cc(Cl)c2c(c1)OCO2)NC12CC3CC(CC(C3)C1)C2. The van der Waals surface area contributed by atoms with Crippen LogP contribution in [0.2, 0.25) is 5.02 Å². The van der Waals surface area contributed by atoms with Crippen LogP contribution >= 0.6 is 23.4 Å². The first kappa shape index (κ1) is 17.1. The Kier molecular flexibility index (Phi) is 4.28. The normalized spacial score (nSPS) is 33.5. The summed E-state index contributed by atoms with van der Waals surface area (Å²) in [7, 11) is 0. The van der Waals surface area contributed by atoms with Crippen LogP contribution in [0.4, 0.5) is 0 Å². The van der Waals surface area contributed by atoms with E-state index < -0.39 is 0 Å². The molecule has 4 bridgehead atoms. The zero-order chi connectivity index (χ0) is 17.7. The summed E-state index contributed by atoms with van der Waals surface area (Å²) in [6, 6.07) is 3.86. The highest BCUT2D eigenvalue weighted by Crippen LogP contribution is 2.55. The van der Waals surface area contributed by atoms with Crippen LogP contribution in [-0.2, 0) is 10.5 Å². The van der Waals surface area contributed by atoms with E-state index in [1.807, 2.05) is 12.1 Å². The van der Waals surface area contributed by atoms with Gasteiger partial charge in [-0.3, -0.25) is 4.79 Å². The summed E-state index contributed by atoms with van der Waals surface area (Å²) >= 11 is 7.86. The molecule has 4 saturated carbocycles. The van der Waals surface area contributed by atoms with E-state index in [9.17, 15) is 4.79 Å². The summed E-state index contributed by atoms with van der Waals surface area (Å²) < 4.78 is 10.7. The number of rotatable bonds is 5. The van der Waals surface area contributed by atoms with Gasteiger partial charge in [-0.15, -0.1) is 11.8 Å². The van der Waals surface area contributed by atoms with Crippen LogP contribution in [-0.4, -0.2) is 24.0 Å². The van der Waals surface area contributed by atoms with Gasteiger partial charge < -0.3 is 14.8 Å². The van der Waals surface area contributed by atoms with Crippen LogP contribution in [0, 0.1) is 17.8 Å². The topological polar surface area (TPSA) is 47.6 Å². The van der Waals surface area contributed by atoms with E-state index in [-0.39, 0.29) is 18.2 Å². The summed E-state index contributed by atoms with van der Waals surface area (Å²) in [6.45, 7) is 0.221. The largest absolute Gasteiger partial charge is 0.454 e. The van der Waals surface area contributed by atoms with Gasteiger partial charge in [-0.2, -0.15) is 0 Å². The number of ether oxygens (including phenoxy) is 2. The van der Waals surface area contributed by atoms with Crippen molar-refractivity contribution in [2.75, 3.05) is 12.5 Å². The van der Waals surface area contributed by atoms with Crippen LogP contribution in [0.25, 0.3) is 0 Å². The standard InChI is InChI=1S/C20H24ClNO3S/c21-16-4-15(5-17-19(16)25-11-24-17)9-26-10-18(23)22-20-6-12-1-13(7-20)3-14(2-12)8-20/h4-5,12-14H,1-3,6-11H2,(H,22,23). The van der Waals surface area contributed by atoms with Crippen molar-refractivity contribution < 1.29 is 14.3 Å². The summed E-state index contributed by atoms with van der Waals surface area (Å²) in [6.07, 6.45) is 7.80. The molecule has 0 radical (unpaired) electrons. The van der Waals surface area contributed by atoms with Crippen LogP contribution in [0.15, 0.2) is 12.1 Å². The predicted octanol–water partition coefficient (Wildman–Crippen LogP) is 4.39. The maximum absolute atomic E-state index is 12.6. The van der Waals surface area contributed by atoms with Gasteiger partial charge in [-0.25, -0.2) is 0 Å². The van der Waals surface area contributed by atoms with Crippen LogP contribution in [0.3, 0.4) is 0 Å². The Morgan fingerprint density at radius 1 is 1.15 bits per heavy atom. The first-order valence-corrected chi connectivity index (χ1v) is 11.1. The predicted molar refractivity (Wildman–Crippen MR) is 103 cm³/mol. The number of thioether (sulfide) groups is 1. The van der Waals surface area contributed by atoms with Crippen molar-refractivity contribution in [3.8, 4) is 11.5 Å². The third kappa shape index (κ3) is 3.18. The molecule has 4 fully saturated rings. The maximum Gasteiger partial charge on any atom is 0.231 e. The minimum Gasteiger partial charge on any atom is -0.454 e. The van der Waals surface area contributed by atoms with E-state index in [1.54, 1.807) is 11.8 Å². The Labute approximate surface area is 163 Å². The minimum absolute atomic E-state index is 0.106. The molecule has 1 amide bonds. The van der Waals surface area contributed by atoms with Crippen LogP contribution < -0.4 is 14.8 Å². The highest BCUT2D eigenvalue weighted by molar-refractivity contribution is 7.99. The lowest BCUT2D eigenvalue weighted by Gasteiger charge is -2.56. The van der Waals surface area contributed by atoms with Crippen molar-refractivity contribution in [3.05, 3.63) is 22.7 Å². The Bertz CT molecular complexity index is 703. The summed E-state index contributed by atoms with van der Waals surface area (Å²) in [5, 5.41) is 4.01. The van der Waals surface area contributed by atoms with Crippen molar-refractivity contribution >= 4 is 29.3 Å². The third-order valence-electron chi connectivity index (χ3n) is 6.43. The highest BCUT2D eigenvalue weighted by Gasteiger charge is 2.51. The van der Waals surface area contributed by atoms with Gasteiger partial charge in [0.2, 0.25) is 12.7 Å². The maximum atomic E-state index is 12.6. The number of carbonyl (C=O) groups excluding carboxylic acids is 1. The minimum atomic E-state index is 0.106. The van der Waals surface area contributed by atoms with Gasteiger partial charge >= 0.3 is 0 Å². The molecule has 6 rings (SSSR count). The second-order valence-corrected chi connectivity index (χ2v) is 9.94. The molecule has 5 aliphatic rings. The summed E-state index contributed by atoms with van der Waals surface area (Å²) in [5.74, 6) is 5.30. The number of hydrogen-bond donors (Lipinski definition) is 1. The molecule has 0 aromatic heterocycles. The van der Waals surface area contributed by atoms with Gasteiger partial charge in [-0.1, -0.05) is 11.6 Å². The summed E-state index contributed by atoms with van der Waals surface area (Å²) in [5.41, 5.74) is 1.17. The van der Waals surface area contributed by atoms with Gasteiger partial charge in [0.15, 0.2) is 11.5 Å². The lowest BCUT2D eigenvalue weighted by molar-refractivity contribution is -0.124. The second-order valence-electron chi connectivity index (χ2n) is 8.55. The van der Waals surface area contributed by atoms with E-state index >= 15 is 0 Å². The first-order chi connectivity index (χ1) is 12.6. The van der Waals surface area contributed by atoms with Crippen LogP contribution in [0.5, 0.6) is 11.5 Å². The zero-order valence-corrected chi connectivity index (χ0v) is 16.3. The molecule has 4 nitrogen and oxygen atoms in total. The molecule has 0 saturated heterocycles. The quantitative estimate of drug-likeness (QED) is 0.806. The van der Waals surface area contributed by atoms with Crippen molar-refractivity contribution in [2.45, 2.75) is 49.8 Å². The molecular weight excluding hydrogens is 370 g/mol. The number of halogens is 1. The molecule has 0 spiro atoms. The van der Waals surface area contributed by atoms with Crippen molar-refractivity contribution in [3.63, 3.8) is 0 Å². The van der Waals surface area contributed by atoms with E-state index in [0.29, 0.717) is 22.3 Å². The lowest BCUT2D eigenvalue weighted by Crippen LogP contribution is -2.60. The van der Waals surface area contributed by atoms with E-state index in [0.717, 1.165) is 29.1 Å².